The molecule has 0 amide bonds. The summed E-state index contributed by atoms with van der Waals surface area (Å²) in [6.07, 6.45) is 1.26. The summed E-state index contributed by atoms with van der Waals surface area (Å²) in [5.74, 6) is -0.527. The van der Waals surface area contributed by atoms with E-state index in [2.05, 4.69) is 5.10 Å². The number of nitrogens with zero attached hydrogens (tertiary/aromatic N) is 2. The average Bonchev–Trinajstić information content (AvgIpc) is 2.65. The molecule has 0 fully saturated rings. The molecule has 8 heteroatoms. The van der Waals surface area contributed by atoms with E-state index in [0.717, 1.165) is 16.8 Å². The van der Waals surface area contributed by atoms with Crippen molar-refractivity contribution in [2.75, 3.05) is 0 Å². The van der Waals surface area contributed by atoms with Gasteiger partial charge in [-0.2, -0.15) is 5.10 Å². The van der Waals surface area contributed by atoms with Crippen LogP contribution in [0.15, 0.2) is 35.5 Å². The van der Waals surface area contributed by atoms with Crippen molar-refractivity contribution in [1.82, 2.24) is 9.78 Å². The molecule has 0 aliphatic carbocycles. The number of hydrogen-bond donors (Lipinski definition) is 0. The van der Waals surface area contributed by atoms with Crippen LogP contribution in [-0.4, -0.2) is 18.2 Å². The fourth-order valence-corrected chi connectivity index (χ4v) is 2.48. The Balaban J connectivity index is 2.66. The van der Waals surface area contributed by atoms with Crippen LogP contribution >= 0.6 is 22.3 Å². The van der Waals surface area contributed by atoms with Crippen molar-refractivity contribution < 1.29 is 12.8 Å². The summed E-state index contributed by atoms with van der Waals surface area (Å²) >= 11 is 5.80. The van der Waals surface area contributed by atoms with E-state index in [1.807, 2.05) is 0 Å². The first kappa shape index (κ1) is 12.3. The summed E-state index contributed by atoms with van der Waals surface area (Å²) in [6.45, 7) is 0. The van der Waals surface area contributed by atoms with Crippen LogP contribution in [0.5, 0.6) is 0 Å². The molecule has 90 valence electrons. The second-order valence-electron chi connectivity index (χ2n) is 3.11. The highest BCUT2D eigenvalue weighted by atomic mass is 35.7. The third-order valence-corrected chi connectivity index (χ3v) is 3.58. The summed E-state index contributed by atoms with van der Waals surface area (Å²) < 4.78 is 36.4. The Bertz CT molecular complexity index is 669. The van der Waals surface area contributed by atoms with E-state index in [4.69, 9.17) is 22.3 Å². The van der Waals surface area contributed by atoms with Gasteiger partial charge in [-0.05, 0) is 24.3 Å². The van der Waals surface area contributed by atoms with Crippen molar-refractivity contribution in [2.45, 2.75) is 5.03 Å². The van der Waals surface area contributed by atoms with Gasteiger partial charge in [-0.15, -0.1) is 0 Å². The summed E-state index contributed by atoms with van der Waals surface area (Å²) in [4.78, 5) is 0. The standard InChI is InChI=1S/C9H5Cl2FN2O2S/c10-7-5-6(12)1-2-8(7)14-9(3-4-13-14)17(11,15)16/h1-5H. The van der Waals surface area contributed by atoms with Gasteiger partial charge in [0.2, 0.25) is 0 Å². The number of benzene rings is 1. The third kappa shape index (κ3) is 2.43. The van der Waals surface area contributed by atoms with Crippen molar-refractivity contribution in [2.24, 2.45) is 0 Å². The molecule has 2 rings (SSSR count). The van der Waals surface area contributed by atoms with Gasteiger partial charge < -0.3 is 0 Å². The third-order valence-electron chi connectivity index (χ3n) is 2.00. The predicted octanol–water partition coefficient (Wildman–Crippen LogP) is 2.59. The Hall–Kier alpha value is -1.11. The topological polar surface area (TPSA) is 52.0 Å². The monoisotopic (exact) mass is 294 g/mol. The Labute approximate surface area is 106 Å². The van der Waals surface area contributed by atoms with Crippen LogP contribution in [0.2, 0.25) is 5.02 Å². The molecule has 0 saturated heterocycles. The number of halogens is 3. The lowest BCUT2D eigenvalue weighted by Gasteiger charge is -2.06. The van der Waals surface area contributed by atoms with E-state index in [9.17, 15) is 12.8 Å². The van der Waals surface area contributed by atoms with E-state index in [1.165, 1.54) is 18.3 Å². The van der Waals surface area contributed by atoms with Crippen LogP contribution in [0.3, 0.4) is 0 Å². The Morgan fingerprint density at radius 1 is 1.29 bits per heavy atom. The average molecular weight is 295 g/mol. The van der Waals surface area contributed by atoms with Gasteiger partial charge in [-0.25, -0.2) is 17.5 Å². The molecule has 0 bridgehead atoms. The normalized spacial score (nSPS) is 11.7. The molecule has 0 N–H and O–H groups in total. The highest BCUT2D eigenvalue weighted by Gasteiger charge is 2.18. The molecule has 0 saturated carbocycles. The maximum atomic E-state index is 12.9. The Morgan fingerprint density at radius 3 is 2.59 bits per heavy atom. The zero-order chi connectivity index (χ0) is 12.6. The van der Waals surface area contributed by atoms with Crippen LogP contribution < -0.4 is 0 Å². The molecular formula is C9H5Cl2FN2O2S. The van der Waals surface area contributed by atoms with Gasteiger partial charge in [0.15, 0.2) is 5.03 Å². The first-order chi connectivity index (χ1) is 7.89. The van der Waals surface area contributed by atoms with Crippen molar-refractivity contribution in [3.63, 3.8) is 0 Å². The lowest BCUT2D eigenvalue weighted by molar-refractivity contribution is 0.599. The van der Waals surface area contributed by atoms with Crippen LogP contribution in [0.1, 0.15) is 0 Å². The molecule has 1 heterocycles. The zero-order valence-electron chi connectivity index (χ0n) is 8.14. The van der Waals surface area contributed by atoms with E-state index >= 15 is 0 Å². The minimum absolute atomic E-state index is 0.0373. The van der Waals surface area contributed by atoms with Gasteiger partial charge in [0.1, 0.15) is 5.82 Å². The molecule has 0 spiro atoms. The van der Waals surface area contributed by atoms with Gasteiger partial charge in [-0.1, -0.05) is 11.6 Å². The second-order valence-corrected chi connectivity index (χ2v) is 6.03. The van der Waals surface area contributed by atoms with Crippen molar-refractivity contribution in [3.8, 4) is 5.69 Å². The van der Waals surface area contributed by atoms with Crippen LogP contribution in [0, 0.1) is 5.82 Å². The van der Waals surface area contributed by atoms with Gasteiger partial charge in [0.25, 0.3) is 9.05 Å². The van der Waals surface area contributed by atoms with Crippen molar-refractivity contribution in [1.29, 1.82) is 0 Å². The molecule has 1 aromatic heterocycles. The molecule has 0 aliphatic rings. The summed E-state index contributed by atoms with van der Waals surface area (Å²) in [7, 11) is 1.29. The van der Waals surface area contributed by atoms with E-state index < -0.39 is 14.9 Å². The molecule has 17 heavy (non-hydrogen) atoms. The first-order valence-corrected chi connectivity index (χ1v) is 7.02. The fraction of sp³-hybridized carbons (Fsp3) is 0. The molecule has 0 radical (unpaired) electrons. The van der Waals surface area contributed by atoms with Crippen LogP contribution in [-0.2, 0) is 9.05 Å². The van der Waals surface area contributed by atoms with E-state index in [-0.39, 0.29) is 15.7 Å². The second kappa shape index (κ2) is 4.29. The minimum Gasteiger partial charge on any atom is -0.219 e. The lowest BCUT2D eigenvalue weighted by atomic mass is 10.3. The summed E-state index contributed by atoms with van der Waals surface area (Å²) in [5.41, 5.74) is 0.234. The van der Waals surface area contributed by atoms with E-state index in [1.54, 1.807) is 0 Å². The van der Waals surface area contributed by atoms with Gasteiger partial charge in [0, 0.05) is 10.7 Å². The highest BCUT2D eigenvalue weighted by Crippen LogP contribution is 2.25. The molecule has 4 nitrogen and oxygen atoms in total. The quantitative estimate of drug-likeness (QED) is 0.800. The van der Waals surface area contributed by atoms with E-state index in [0.29, 0.717) is 0 Å². The molecule has 1 aromatic carbocycles. The largest absolute Gasteiger partial charge is 0.278 e. The van der Waals surface area contributed by atoms with Crippen LogP contribution in [0.25, 0.3) is 5.69 Å². The van der Waals surface area contributed by atoms with Gasteiger partial charge >= 0.3 is 0 Å². The number of aromatic nitrogens is 2. The lowest BCUT2D eigenvalue weighted by Crippen LogP contribution is -2.05. The molecule has 0 atom stereocenters. The molecule has 0 unspecified atom stereocenters. The SMILES string of the molecule is O=S(=O)(Cl)c1ccnn1-c1ccc(F)cc1Cl. The predicted molar refractivity (Wildman–Crippen MR) is 61.6 cm³/mol. The number of rotatable bonds is 2. The molecule has 0 aliphatic heterocycles. The Morgan fingerprint density at radius 2 is 2.00 bits per heavy atom. The van der Waals surface area contributed by atoms with Crippen LogP contribution in [0.4, 0.5) is 4.39 Å². The Kier molecular flexibility index (Phi) is 3.11. The van der Waals surface area contributed by atoms with Crippen molar-refractivity contribution >= 4 is 31.3 Å². The first-order valence-electron chi connectivity index (χ1n) is 4.34. The highest BCUT2D eigenvalue weighted by molar-refractivity contribution is 8.13. The van der Waals surface area contributed by atoms with Gasteiger partial charge in [-0.3, -0.25) is 0 Å². The minimum atomic E-state index is -3.94. The maximum absolute atomic E-state index is 12.9. The number of hydrogen-bond acceptors (Lipinski definition) is 3. The smallest absolute Gasteiger partial charge is 0.219 e. The zero-order valence-corrected chi connectivity index (χ0v) is 10.5. The van der Waals surface area contributed by atoms with Crippen molar-refractivity contribution in [3.05, 3.63) is 41.3 Å². The van der Waals surface area contributed by atoms with Gasteiger partial charge in [0.05, 0.1) is 16.9 Å². The fourth-order valence-electron chi connectivity index (χ4n) is 1.31. The summed E-state index contributed by atoms with van der Waals surface area (Å²) in [6, 6.07) is 4.75. The maximum Gasteiger partial charge on any atom is 0.278 e. The molecule has 2 aromatic rings. The molecular weight excluding hydrogens is 290 g/mol. The summed E-state index contributed by atoms with van der Waals surface area (Å²) in [5, 5.41) is 3.60.